The Morgan fingerprint density at radius 1 is 1.23 bits per heavy atom. The Hall–Kier alpha value is -2.47. The minimum absolute atomic E-state index is 0.414. The second-order valence-electron chi connectivity index (χ2n) is 5.82. The zero-order chi connectivity index (χ0) is 14.9. The molecule has 1 aromatic carbocycles. The standard InChI is InChI=1S/C16H18N6/c1-12-14(7-17-18-12)8-21-9-15(10-21)22-11-16(19-20-22)13-5-3-2-4-6-13/h2-7,11,15H,8-10H2,1H3,(H,17,18). The lowest BCUT2D eigenvalue weighted by Gasteiger charge is -2.38. The fourth-order valence-electron chi connectivity index (χ4n) is 2.81. The van der Waals surface area contributed by atoms with Crippen LogP contribution in [0.1, 0.15) is 17.3 Å². The first kappa shape index (κ1) is 13.2. The lowest BCUT2D eigenvalue weighted by molar-refractivity contribution is 0.0894. The second kappa shape index (κ2) is 5.38. The number of hydrogen-bond acceptors (Lipinski definition) is 4. The maximum Gasteiger partial charge on any atom is 0.113 e. The molecule has 0 spiro atoms. The maximum absolute atomic E-state index is 4.29. The molecule has 0 amide bonds. The Bertz CT molecular complexity index is 754. The van der Waals surface area contributed by atoms with Gasteiger partial charge in [-0.1, -0.05) is 35.5 Å². The Balaban J connectivity index is 1.39. The average molecular weight is 294 g/mol. The Labute approximate surface area is 128 Å². The summed E-state index contributed by atoms with van der Waals surface area (Å²) in [6.45, 7) is 5.01. The fraction of sp³-hybridized carbons (Fsp3) is 0.312. The zero-order valence-corrected chi connectivity index (χ0v) is 12.5. The van der Waals surface area contributed by atoms with Gasteiger partial charge in [0, 0.05) is 36.5 Å². The number of aromatic nitrogens is 5. The Morgan fingerprint density at radius 3 is 2.77 bits per heavy atom. The number of likely N-dealkylation sites (tertiary alicyclic amines) is 1. The molecule has 22 heavy (non-hydrogen) atoms. The first-order valence-corrected chi connectivity index (χ1v) is 7.48. The summed E-state index contributed by atoms with van der Waals surface area (Å²) >= 11 is 0. The van der Waals surface area contributed by atoms with E-state index in [9.17, 15) is 0 Å². The summed E-state index contributed by atoms with van der Waals surface area (Å²) in [5, 5.41) is 15.6. The second-order valence-corrected chi connectivity index (χ2v) is 5.82. The van der Waals surface area contributed by atoms with Gasteiger partial charge in [-0.3, -0.25) is 10.00 Å². The van der Waals surface area contributed by atoms with E-state index in [-0.39, 0.29) is 0 Å². The van der Waals surface area contributed by atoms with E-state index in [2.05, 4.69) is 44.5 Å². The van der Waals surface area contributed by atoms with Gasteiger partial charge >= 0.3 is 0 Å². The number of aromatic amines is 1. The molecule has 3 heterocycles. The van der Waals surface area contributed by atoms with E-state index in [4.69, 9.17) is 0 Å². The van der Waals surface area contributed by atoms with Gasteiger partial charge in [-0.25, -0.2) is 4.68 Å². The van der Waals surface area contributed by atoms with Gasteiger partial charge in [-0.05, 0) is 6.92 Å². The molecule has 4 rings (SSSR count). The van der Waals surface area contributed by atoms with Crippen LogP contribution in [0.5, 0.6) is 0 Å². The predicted octanol–water partition coefficient (Wildman–Crippen LogP) is 2.03. The molecule has 1 saturated heterocycles. The van der Waals surface area contributed by atoms with Gasteiger partial charge in [0.15, 0.2) is 0 Å². The molecule has 0 bridgehead atoms. The SMILES string of the molecule is Cc1[nH]ncc1CN1CC(n2cc(-c3ccccc3)nn2)C1. The van der Waals surface area contributed by atoms with Crippen molar-refractivity contribution in [3.63, 3.8) is 0 Å². The molecule has 1 aliphatic rings. The first-order valence-electron chi connectivity index (χ1n) is 7.48. The molecular weight excluding hydrogens is 276 g/mol. The molecule has 0 radical (unpaired) electrons. The van der Waals surface area contributed by atoms with E-state index in [1.165, 1.54) is 5.56 Å². The third-order valence-corrected chi connectivity index (χ3v) is 4.22. The summed E-state index contributed by atoms with van der Waals surface area (Å²) in [6.07, 6.45) is 3.95. The summed E-state index contributed by atoms with van der Waals surface area (Å²) in [6, 6.07) is 10.6. The van der Waals surface area contributed by atoms with Crippen LogP contribution < -0.4 is 0 Å². The fourth-order valence-corrected chi connectivity index (χ4v) is 2.81. The van der Waals surface area contributed by atoms with Gasteiger partial charge in [-0.15, -0.1) is 5.10 Å². The van der Waals surface area contributed by atoms with Crippen molar-refractivity contribution in [2.24, 2.45) is 0 Å². The Kier molecular flexibility index (Phi) is 3.23. The van der Waals surface area contributed by atoms with E-state index in [0.29, 0.717) is 6.04 Å². The number of hydrogen-bond donors (Lipinski definition) is 1. The third-order valence-electron chi connectivity index (χ3n) is 4.22. The smallest absolute Gasteiger partial charge is 0.113 e. The highest BCUT2D eigenvalue weighted by Gasteiger charge is 2.29. The largest absolute Gasteiger partial charge is 0.295 e. The lowest BCUT2D eigenvalue weighted by atomic mass is 10.1. The molecule has 0 aliphatic carbocycles. The molecule has 112 valence electrons. The molecular formula is C16H18N6. The minimum Gasteiger partial charge on any atom is -0.295 e. The van der Waals surface area contributed by atoms with Crippen molar-refractivity contribution in [3.05, 3.63) is 54.0 Å². The number of aryl methyl sites for hydroxylation is 1. The van der Waals surface area contributed by atoms with Gasteiger partial charge < -0.3 is 0 Å². The van der Waals surface area contributed by atoms with Crippen LogP contribution in [0.4, 0.5) is 0 Å². The minimum atomic E-state index is 0.414. The summed E-state index contributed by atoms with van der Waals surface area (Å²) in [5.41, 5.74) is 4.46. The monoisotopic (exact) mass is 294 g/mol. The van der Waals surface area contributed by atoms with Crippen LogP contribution in [0, 0.1) is 6.92 Å². The summed E-state index contributed by atoms with van der Waals surface area (Å²) in [5.74, 6) is 0. The number of nitrogens with zero attached hydrogens (tertiary/aromatic N) is 5. The highest BCUT2D eigenvalue weighted by Crippen LogP contribution is 2.24. The van der Waals surface area contributed by atoms with Crippen LogP contribution in [0.3, 0.4) is 0 Å². The van der Waals surface area contributed by atoms with Crippen molar-refractivity contribution in [2.75, 3.05) is 13.1 Å². The van der Waals surface area contributed by atoms with Crippen LogP contribution >= 0.6 is 0 Å². The van der Waals surface area contributed by atoms with Crippen LogP contribution in [-0.4, -0.2) is 43.2 Å². The first-order chi connectivity index (χ1) is 10.8. The quantitative estimate of drug-likeness (QED) is 0.800. The molecule has 1 N–H and O–H groups in total. The molecule has 0 atom stereocenters. The number of H-pyrrole nitrogens is 1. The number of rotatable bonds is 4. The van der Waals surface area contributed by atoms with E-state index in [0.717, 1.165) is 36.6 Å². The molecule has 1 fully saturated rings. The molecule has 3 aromatic rings. The van der Waals surface area contributed by atoms with E-state index in [1.54, 1.807) is 0 Å². The van der Waals surface area contributed by atoms with Gasteiger partial charge in [0.2, 0.25) is 0 Å². The summed E-state index contributed by atoms with van der Waals surface area (Å²) < 4.78 is 1.99. The van der Waals surface area contributed by atoms with Crippen LogP contribution in [0.25, 0.3) is 11.3 Å². The zero-order valence-electron chi connectivity index (χ0n) is 12.5. The van der Waals surface area contributed by atoms with Crippen LogP contribution in [0.2, 0.25) is 0 Å². The highest BCUT2D eigenvalue weighted by molar-refractivity contribution is 5.57. The van der Waals surface area contributed by atoms with Gasteiger partial charge in [0.25, 0.3) is 0 Å². The normalized spacial score (nSPS) is 15.9. The van der Waals surface area contributed by atoms with Crippen molar-refractivity contribution in [1.82, 2.24) is 30.1 Å². The van der Waals surface area contributed by atoms with Crippen molar-refractivity contribution in [3.8, 4) is 11.3 Å². The van der Waals surface area contributed by atoms with Crippen molar-refractivity contribution in [1.29, 1.82) is 0 Å². The van der Waals surface area contributed by atoms with Gasteiger partial charge in [0.05, 0.1) is 18.4 Å². The summed E-state index contributed by atoms with van der Waals surface area (Å²) in [4.78, 5) is 2.40. The maximum atomic E-state index is 4.29. The topological polar surface area (TPSA) is 62.6 Å². The molecule has 0 saturated carbocycles. The van der Waals surface area contributed by atoms with Crippen molar-refractivity contribution >= 4 is 0 Å². The van der Waals surface area contributed by atoms with Crippen molar-refractivity contribution < 1.29 is 0 Å². The Morgan fingerprint density at radius 2 is 2.05 bits per heavy atom. The lowest BCUT2D eigenvalue weighted by Crippen LogP contribution is -2.47. The average Bonchev–Trinajstić information content (AvgIpc) is 3.13. The van der Waals surface area contributed by atoms with Crippen molar-refractivity contribution in [2.45, 2.75) is 19.5 Å². The highest BCUT2D eigenvalue weighted by atomic mass is 15.5. The third kappa shape index (κ3) is 2.42. The van der Waals surface area contributed by atoms with E-state index < -0.39 is 0 Å². The molecule has 2 aromatic heterocycles. The summed E-state index contributed by atoms with van der Waals surface area (Å²) in [7, 11) is 0. The molecule has 0 unspecified atom stereocenters. The van der Waals surface area contributed by atoms with Crippen LogP contribution in [0.15, 0.2) is 42.7 Å². The van der Waals surface area contributed by atoms with Gasteiger partial charge in [-0.2, -0.15) is 5.10 Å². The predicted molar refractivity (Wildman–Crippen MR) is 83.1 cm³/mol. The molecule has 6 nitrogen and oxygen atoms in total. The number of nitrogens with one attached hydrogen (secondary N) is 1. The van der Waals surface area contributed by atoms with E-state index >= 15 is 0 Å². The molecule has 1 aliphatic heterocycles. The van der Waals surface area contributed by atoms with Gasteiger partial charge in [0.1, 0.15) is 5.69 Å². The number of benzene rings is 1. The van der Waals surface area contributed by atoms with E-state index in [1.807, 2.05) is 35.3 Å². The van der Waals surface area contributed by atoms with Crippen LogP contribution in [-0.2, 0) is 6.54 Å². The molecule has 6 heteroatoms.